The van der Waals surface area contributed by atoms with Gasteiger partial charge in [0.15, 0.2) is 9.84 Å². The van der Waals surface area contributed by atoms with Crippen LogP contribution in [0, 0.1) is 0 Å². The molecule has 0 aromatic heterocycles. The summed E-state index contributed by atoms with van der Waals surface area (Å²) in [5.41, 5.74) is 2.20. The molecule has 150 valence electrons. The van der Waals surface area contributed by atoms with Crippen molar-refractivity contribution in [3.63, 3.8) is 0 Å². The molecular formula is C22H27NO4S. The lowest BCUT2D eigenvalue weighted by molar-refractivity contribution is -0.121. The predicted octanol–water partition coefficient (Wildman–Crippen LogP) is 2.45. The number of benzene rings is 2. The van der Waals surface area contributed by atoms with Crippen molar-refractivity contribution in [1.82, 2.24) is 5.32 Å². The van der Waals surface area contributed by atoms with Crippen molar-refractivity contribution in [2.45, 2.75) is 55.3 Å². The summed E-state index contributed by atoms with van der Waals surface area (Å²) < 4.78 is 24.3. The Kier molecular flexibility index (Phi) is 5.91. The average molecular weight is 402 g/mol. The molecule has 0 heterocycles. The van der Waals surface area contributed by atoms with Crippen molar-refractivity contribution >= 4 is 15.7 Å². The molecule has 1 aliphatic carbocycles. The molecule has 0 aliphatic heterocycles. The standard InChI is InChI=1S/C22H27NO4S/c1-16(2)28(26,27)20-9-7-17(8-10-20)13-21(24)23-15-22(25)12-11-18-5-3-4-6-19(18)14-22/h3-10,16,25H,11-15H2,1-2H3,(H,23,24). The van der Waals surface area contributed by atoms with Crippen LogP contribution in [0.25, 0.3) is 0 Å². The van der Waals surface area contributed by atoms with Gasteiger partial charge in [0.1, 0.15) is 0 Å². The number of carbonyl (C=O) groups is 1. The van der Waals surface area contributed by atoms with Crippen molar-refractivity contribution in [2.75, 3.05) is 6.54 Å². The number of fused-ring (bicyclic) bond motifs is 1. The molecule has 0 radical (unpaired) electrons. The van der Waals surface area contributed by atoms with Gasteiger partial charge in [-0.3, -0.25) is 4.79 Å². The second kappa shape index (κ2) is 8.05. The van der Waals surface area contributed by atoms with Gasteiger partial charge in [-0.25, -0.2) is 8.42 Å². The zero-order valence-corrected chi connectivity index (χ0v) is 17.1. The van der Waals surface area contributed by atoms with Crippen LogP contribution in [0.15, 0.2) is 53.4 Å². The second-order valence-electron chi connectivity index (χ2n) is 7.86. The smallest absolute Gasteiger partial charge is 0.224 e. The van der Waals surface area contributed by atoms with Crippen LogP contribution in [0.4, 0.5) is 0 Å². The summed E-state index contributed by atoms with van der Waals surface area (Å²) in [6.45, 7) is 3.50. The molecule has 1 unspecified atom stereocenters. The van der Waals surface area contributed by atoms with Gasteiger partial charge in [0.25, 0.3) is 0 Å². The van der Waals surface area contributed by atoms with Gasteiger partial charge in [0.2, 0.25) is 5.91 Å². The van der Waals surface area contributed by atoms with Crippen molar-refractivity contribution < 1.29 is 18.3 Å². The molecule has 5 nitrogen and oxygen atoms in total. The fraction of sp³-hybridized carbons (Fsp3) is 0.409. The fourth-order valence-corrected chi connectivity index (χ4v) is 4.57. The minimum atomic E-state index is -3.31. The Balaban J connectivity index is 1.56. The number of sulfone groups is 1. The molecular weight excluding hydrogens is 374 g/mol. The van der Waals surface area contributed by atoms with Crippen LogP contribution in [-0.4, -0.2) is 36.8 Å². The Bertz CT molecular complexity index is 951. The van der Waals surface area contributed by atoms with E-state index in [1.165, 1.54) is 5.56 Å². The Labute approximate surface area is 166 Å². The Morgan fingerprint density at radius 1 is 1.11 bits per heavy atom. The fourth-order valence-electron chi connectivity index (χ4n) is 3.52. The molecule has 6 heteroatoms. The van der Waals surface area contributed by atoms with E-state index in [4.69, 9.17) is 0 Å². The predicted molar refractivity (Wildman–Crippen MR) is 109 cm³/mol. The molecule has 0 saturated carbocycles. The zero-order chi connectivity index (χ0) is 20.4. The highest BCUT2D eigenvalue weighted by atomic mass is 32.2. The van der Waals surface area contributed by atoms with E-state index in [9.17, 15) is 18.3 Å². The van der Waals surface area contributed by atoms with E-state index in [0.29, 0.717) is 12.8 Å². The van der Waals surface area contributed by atoms with Crippen molar-refractivity contribution in [1.29, 1.82) is 0 Å². The maximum absolute atomic E-state index is 12.3. The summed E-state index contributed by atoms with van der Waals surface area (Å²) >= 11 is 0. The average Bonchev–Trinajstić information content (AvgIpc) is 2.67. The van der Waals surface area contributed by atoms with Crippen LogP contribution in [-0.2, 0) is 33.9 Å². The number of hydrogen-bond donors (Lipinski definition) is 2. The van der Waals surface area contributed by atoms with E-state index < -0.39 is 20.7 Å². The molecule has 0 saturated heterocycles. The van der Waals surface area contributed by atoms with Crippen LogP contribution in [0.5, 0.6) is 0 Å². The molecule has 0 bridgehead atoms. The first kappa shape index (κ1) is 20.6. The van der Waals surface area contributed by atoms with Gasteiger partial charge in [0, 0.05) is 13.0 Å². The summed E-state index contributed by atoms with van der Waals surface area (Å²) in [6.07, 6.45) is 2.10. The number of carbonyl (C=O) groups excluding carboxylic acids is 1. The molecule has 1 amide bonds. The van der Waals surface area contributed by atoms with Crippen LogP contribution >= 0.6 is 0 Å². The quantitative estimate of drug-likeness (QED) is 0.779. The summed E-state index contributed by atoms with van der Waals surface area (Å²) in [6, 6.07) is 14.5. The Morgan fingerprint density at radius 2 is 1.75 bits per heavy atom. The molecule has 2 aromatic rings. The first-order valence-corrected chi connectivity index (χ1v) is 11.1. The van der Waals surface area contributed by atoms with Crippen molar-refractivity contribution in [3.05, 3.63) is 65.2 Å². The van der Waals surface area contributed by atoms with E-state index >= 15 is 0 Å². The van der Waals surface area contributed by atoms with Gasteiger partial charge >= 0.3 is 0 Å². The van der Waals surface area contributed by atoms with E-state index in [1.807, 2.05) is 18.2 Å². The third-order valence-corrected chi connectivity index (χ3v) is 7.52. The number of nitrogens with one attached hydrogen (secondary N) is 1. The SMILES string of the molecule is CC(C)S(=O)(=O)c1ccc(CC(=O)NCC2(O)CCc3ccccc3C2)cc1. The van der Waals surface area contributed by atoms with Gasteiger partial charge in [-0.1, -0.05) is 36.4 Å². The number of aryl methyl sites for hydroxylation is 1. The Hall–Kier alpha value is -2.18. The largest absolute Gasteiger partial charge is 0.388 e. The Morgan fingerprint density at radius 3 is 2.39 bits per heavy atom. The first-order chi connectivity index (χ1) is 13.2. The molecule has 3 rings (SSSR count). The van der Waals surface area contributed by atoms with E-state index in [-0.39, 0.29) is 23.8 Å². The molecule has 28 heavy (non-hydrogen) atoms. The molecule has 0 fully saturated rings. The first-order valence-electron chi connectivity index (χ1n) is 9.58. The van der Waals surface area contributed by atoms with E-state index in [0.717, 1.165) is 17.5 Å². The number of aliphatic hydroxyl groups is 1. The van der Waals surface area contributed by atoms with Crippen LogP contribution in [0.2, 0.25) is 0 Å². The van der Waals surface area contributed by atoms with Gasteiger partial charge in [-0.2, -0.15) is 0 Å². The number of hydrogen-bond acceptors (Lipinski definition) is 4. The normalized spacial score (nSPS) is 19.3. The maximum atomic E-state index is 12.3. The van der Waals surface area contributed by atoms with Crippen LogP contribution in [0.1, 0.15) is 37.0 Å². The van der Waals surface area contributed by atoms with Gasteiger partial charge in [-0.15, -0.1) is 0 Å². The van der Waals surface area contributed by atoms with Crippen LogP contribution in [0.3, 0.4) is 0 Å². The molecule has 2 aromatic carbocycles. The highest BCUT2D eigenvalue weighted by Crippen LogP contribution is 2.28. The van der Waals surface area contributed by atoms with E-state index in [1.54, 1.807) is 38.1 Å². The maximum Gasteiger partial charge on any atom is 0.224 e. The highest BCUT2D eigenvalue weighted by Gasteiger charge is 2.32. The number of amides is 1. The van der Waals surface area contributed by atoms with Crippen molar-refractivity contribution in [2.24, 2.45) is 0 Å². The second-order valence-corrected chi connectivity index (χ2v) is 10.4. The van der Waals surface area contributed by atoms with Gasteiger partial charge in [0.05, 0.1) is 22.2 Å². The van der Waals surface area contributed by atoms with Crippen LogP contribution < -0.4 is 5.32 Å². The summed E-state index contributed by atoms with van der Waals surface area (Å²) in [5, 5.41) is 13.2. The monoisotopic (exact) mass is 401 g/mol. The minimum Gasteiger partial charge on any atom is -0.388 e. The molecule has 2 N–H and O–H groups in total. The molecule has 1 aliphatic rings. The third kappa shape index (κ3) is 4.62. The zero-order valence-electron chi connectivity index (χ0n) is 16.3. The lowest BCUT2D eigenvalue weighted by Gasteiger charge is -2.33. The lowest BCUT2D eigenvalue weighted by atomic mass is 9.80. The van der Waals surface area contributed by atoms with Crippen molar-refractivity contribution in [3.8, 4) is 0 Å². The summed E-state index contributed by atoms with van der Waals surface area (Å²) in [4.78, 5) is 12.6. The summed E-state index contributed by atoms with van der Waals surface area (Å²) in [7, 11) is -3.31. The third-order valence-electron chi connectivity index (χ3n) is 5.35. The van der Waals surface area contributed by atoms with Gasteiger partial charge in [-0.05, 0) is 55.5 Å². The highest BCUT2D eigenvalue weighted by molar-refractivity contribution is 7.92. The lowest BCUT2D eigenvalue weighted by Crippen LogP contribution is -2.47. The van der Waals surface area contributed by atoms with E-state index in [2.05, 4.69) is 11.4 Å². The topological polar surface area (TPSA) is 83.5 Å². The molecule has 0 spiro atoms. The summed E-state index contributed by atoms with van der Waals surface area (Å²) in [5.74, 6) is -0.188. The minimum absolute atomic E-state index is 0.147. The molecule has 1 atom stereocenters. The van der Waals surface area contributed by atoms with Gasteiger partial charge < -0.3 is 10.4 Å². The number of rotatable bonds is 6.